The number of nitrogens with zero attached hydrogens (tertiary/aromatic N) is 5. The van der Waals surface area contributed by atoms with Crippen molar-refractivity contribution in [2.24, 2.45) is 0 Å². The van der Waals surface area contributed by atoms with Crippen LogP contribution < -0.4 is 15.0 Å². The van der Waals surface area contributed by atoms with Gasteiger partial charge in [-0.05, 0) is 38.7 Å². The van der Waals surface area contributed by atoms with Crippen molar-refractivity contribution in [2.45, 2.75) is 50.9 Å². The standard InChI is InChI=1S/C24H28F4N6O2/c1-2-29-20-13-19-17(14-31-20)22(33-9-11-35-12-10-33)32-34(19)15-3-5-16(6-4-15)36-23-21(25)18(7-8-30-23)24(26,27)28/h7-8,13-16H,2-6,9-12H2,1H3,(H,29,31). The molecule has 1 saturated carbocycles. The summed E-state index contributed by atoms with van der Waals surface area (Å²) in [5, 5.41) is 9.19. The van der Waals surface area contributed by atoms with Gasteiger partial charge >= 0.3 is 6.18 Å². The van der Waals surface area contributed by atoms with Gasteiger partial charge in [0, 0.05) is 38.1 Å². The lowest BCUT2D eigenvalue weighted by Crippen LogP contribution is -2.36. The van der Waals surface area contributed by atoms with Gasteiger partial charge in [-0.2, -0.15) is 18.3 Å². The van der Waals surface area contributed by atoms with Crippen LogP contribution in [0.1, 0.15) is 44.2 Å². The molecule has 2 aliphatic rings. The van der Waals surface area contributed by atoms with Crippen LogP contribution in [0.3, 0.4) is 0 Å². The van der Waals surface area contributed by atoms with Gasteiger partial charge in [0.1, 0.15) is 11.9 Å². The monoisotopic (exact) mass is 508 g/mol. The molecule has 8 nitrogen and oxygen atoms in total. The number of aromatic nitrogens is 4. The van der Waals surface area contributed by atoms with E-state index in [-0.39, 0.29) is 6.04 Å². The largest absolute Gasteiger partial charge is 0.472 e. The molecule has 0 spiro atoms. The fourth-order valence-corrected chi connectivity index (χ4v) is 4.87. The maximum absolute atomic E-state index is 14.4. The van der Waals surface area contributed by atoms with Gasteiger partial charge in [0.15, 0.2) is 11.6 Å². The number of nitrogens with one attached hydrogen (secondary N) is 1. The normalized spacial score (nSPS) is 21.1. The number of pyridine rings is 2. The van der Waals surface area contributed by atoms with Crippen molar-refractivity contribution in [3.05, 3.63) is 35.9 Å². The van der Waals surface area contributed by atoms with Crippen LogP contribution in [0.25, 0.3) is 10.9 Å². The van der Waals surface area contributed by atoms with E-state index in [4.69, 9.17) is 14.6 Å². The molecule has 3 aromatic heterocycles. The number of fused-ring (bicyclic) bond motifs is 1. The summed E-state index contributed by atoms with van der Waals surface area (Å²) in [6.07, 6.45) is -0.00559. The summed E-state index contributed by atoms with van der Waals surface area (Å²) >= 11 is 0. The molecule has 0 aromatic carbocycles. The van der Waals surface area contributed by atoms with Gasteiger partial charge in [-0.25, -0.2) is 14.4 Å². The average molecular weight is 509 g/mol. The molecule has 36 heavy (non-hydrogen) atoms. The van der Waals surface area contributed by atoms with Gasteiger partial charge in [0.2, 0.25) is 0 Å². The molecule has 0 amide bonds. The third-order valence-electron chi connectivity index (χ3n) is 6.67. The van der Waals surface area contributed by atoms with Gasteiger partial charge in [-0.3, -0.25) is 4.68 Å². The van der Waals surface area contributed by atoms with Crippen molar-refractivity contribution in [3.63, 3.8) is 0 Å². The highest BCUT2D eigenvalue weighted by Gasteiger charge is 2.36. The zero-order valence-electron chi connectivity index (χ0n) is 19.9. The SMILES string of the molecule is CCNc1cc2c(cn1)c(N1CCOCC1)nn2C1CCC(Oc2nccc(C(F)(F)F)c2F)CC1. The second-order valence-electron chi connectivity index (χ2n) is 9.01. The van der Waals surface area contributed by atoms with Crippen LogP contribution in [0.5, 0.6) is 5.88 Å². The van der Waals surface area contributed by atoms with E-state index in [1.165, 1.54) is 0 Å². The summed E-state index contributed by atoms with van der Waals surface area (Å²) in [6.45, 7) is 5.52. The van der Waals surface area contributed by atoms with Crippen molar-refractivity contribution in [3.8, 4) is 5.88 Å². The van der Waals surface area contributed by atoms with Crippen LogP contribution in [-0.2, 0) is 10.9 Å². The van der Waals surface area contributed by atoms with E-state index in [2.05, 4.69) is 20.2 Å². The van der Waals surface area contributed by atoms with Crippen LogP contribution in [0, 0.1) is 5.82 Å². The summed E-state index contributed by atoms with van der Waals surface area (Å²) in [7, 11) is 0. The Kier molecular flexibility index (Phi) is 6.87. The number of ether oxygens (including phenoxy) is 2. The molecule has 5 rings (SSSR count). The van der Waals surface area contributed by atoms with E-state index in [1.54, 1.807) is 0 Å². The number of rotatable bonds is 6. The molecule has 2 fully saturated rings. The predicted molar refractivity (Wildman–Crippen MR) is 126 cm³/mol. The fraction of sp³-hybridized carbons (Fsp3) is 0.542. The average Bonchev–Trinajstić information content (AvgIpc) is 3.25. The molecule has 1 aliphatic heterocycles. The fourth-order valence-electron chi connectivity index (χ4n) is 4.87. The van der Waals surface area contributed by atoms with Gasteiger partial charge in [0.05, 0.1) is 35.7 Å². The molecule has 3 aromatic rings. The quantitative estimate of drug-likeness (QED) is 0.479. The Morgan fingerprint density at radius 3 is 2.58 bits per heavy atom. The second-order valence-corrected chi connectivity index (χ2v) is 9.01. The molecule has 0 radical (unpaired) electrons. The highest BCUT2D eigenvalue weighted by molar-refractivity contribution is 5.91. The zero-order chi connectivity index (χ0) is 25.3. The molecule has 12 heteroatoms. The van der Waals surface area contributed by atoms with Crippen molar-refractivity contribution < 1.29 is 27.0 Å². The van der Waals surface area contributed by atoms with Crippen molar-refractivity contribution >= 4 is 22.5 Å². The molecular weight excluding hydrogens is 480 g/mol. The first-order chi connectivity index (χ1) is 17.3. The van der Waals surface area contributed by atoms with E-state index >= 15 is 0 Å². The third-order valence-corrected chi connectivity index (χ3v) is 6.67. The molecular formula is C24H28F4N6O2. The highest BCUT2D eigenvalue weighted by atomic mass is 19.4. The molecule has 0 bridgehead atoms. The Morgan fingerprint density at radius 2 is 1.89 bits per heavy atom. The van der Waals surface area contributed by atoms with Gasteiger partial charge < -0.3 is 19.7 Å². The predicted octanol–water partition coefficient (Wildman–Crippen LogP) is 4.82. The van der Waals surface area contributed by atoms with Crippen LogP contribution in [0.2, 0.25) is 0 Å². The van der Waals surface area contributed by atoms with E-state index in [0.717, 1.165) is 48.4 Å². The Bertz CT molecular complexity index is 1200. The van der Waals surface area contributed by atoms with Crippen molar-refractivity contribution in [1.82, 2.24) is 19.7 Å². The Labute approximate surface area is 205 Å². The van der Waals surface area contributed by atoms with E-state index < -0.39 is 29.5 Å². The first kappa shape index (κ1) is 24.5. The van der Waals surface area contributed by atoms with Crippen LogP contribution in [0.15, 0.2) is 24.5 Å². The topological polar surface area (TPSA) is 77.3 Å². The van der Waals surface area contributed by atoms with Crippen molar-refractivity contribution in [1.29, 1.82) is 0 Å². The van der Waals surface area contributed by atoms with Crippen LogP contribution >= 0.6 is 0 Å². The van der Waals surface area contributed by atoms with Gasteiger partial charge in [-0.15, -0.1) is 0 Å². The lowest BCUT2D eigenvalue weighted by molar-refractivity contribution is -0.140. The number of morpholine rings is 1. The molecule has 194 valence electrons. The smallest absolute Gasteiger partial charge is 0.419 e. The second kappa shape index (κ2) is 10.1. The molecule has 1 N–H and O–H groups in total. The summed E-state index contributed by atoms with van der Waals surface area (Å²) < 4.78 is 66.6. The number of alkyl halides is 3. The first-order valence-corrected chi connectivity index (χ1v) is 12.2. The van der Waals surface area contributed by atoms with Crippen LogP contribution in [0.4, 0.5) is 29.2 Å². The number of hydrogen-bond donors (Lipinski definition) is 1. The Hall–Kier alpha value is -3.15. The van der Waals surface area contributed by atoms with E-state index in [1.807, 2.05) is 23.9 Å². The van der Waals surface area contributed by atoms with Gasteiger partial charge in [0.25, 0.3) is 5.88 Å². The summed E-state index contributed by atoms with van der Waals surface area (Å²) in [4.78, 5) is 10.4. The summed E-state index contributed by atoms with van der Waals surface area (Å²) in [5.41, 5.74) is -0.401. The van der Waals surface area contributed by atoms with E-state index in [9.17, 15) is 17.6 Å². The minimum atomic E-state index is -4.80. The maximum Gasteiger partial charge on any atom is 0.419 e. The van der Waals surface area contributed by atoms with Crippen LogP contribution in [-0.4, -0.2) is 58.7 Å². The molecule has 0 unspecified atom stereocenters. The van der Waals surface area contributed by atoms with E-state index in [0.29, 0.717) is 45.0 Å². The minimum absolute atomic E-state index is 0.0679. The Balaban J connectivity index is 1.35. The Morgan fingerprint density at radius 1 is 1.14 bits per heavy atom. The molecule has 0 atom stereocenters. The molecule has 4 heterocycles. The molecule has 1 aliphatic carbocycles. The minimum Gasteiger partial charge on any atom is -0.472 e. The lowest BCUT2D eigenvalue weighted by Gasteiger charge is -2.30. The maximum atomic E-state index is 14.4. The summed E-state index contributed by atoms with van der Waals surface area (Å²) in [5.74, 6) is -0.433. The zero-order valence-corrected chi connectivity index (χ0v) is 19.9. The molecule has 1 saturated heterocycles. The number of anilines is 2. The lowest BCUT2D eigenvalue weighted by atomic mass is 9.93. The highest BCUT2D eigenvalue weighted by Crippen LogP contribution is 2.38. The number of hydrogen-bond acceptors (Lipinski definition) is 7. The first-order valence-electron chi connectivity index (χ1n) is 12.2. The van der Waals surface area contributed by atoms with Gasteiger partial charge in [-0.1, -0.05) is 0 Å². The summed E-state index contributed by atoms with van der Waals surface area (Å²) in [6, 6.07) is 2.68. The number of halogens is 4. The van der Waals surface area contributed by atoms with Crippen molar-refractivity contribution in [2.75, 3.05) is 43.1 Å². The third kappa shape index (κ3) is 4.91.